The summed E-state index contributed by atoms with van der Waals surface area (Å²) in [6, 6.07) is 26.8. The molecule has 0 bridgehead atoms. The number of hydrogen-bond acceptors (Lipinski definition) is 3. The Hall–Kier alpha value is -3.58. The summed E-state index contributed by atoms with van der Waals surface area (Å²) in [5, 5.41) is 11.8. The molecule has 0 unspecified atom stereocenters. The molecule has 1 N–H and O–H groups in total. The number of carbonyl (C=O) groups is 1. The van der Waals surface area contributed by atoms with E-state index in [2.05, 4.69) is 11.4 Å². The van der Waals surface area contributed by atoms with Crippen LogP contribution in [0.2, 0.25) is 0 Å². The molecular weight excluding hydrogens is 336 g/mol. The molecule has 0 spiro atoms. The first-order chi connectivity index (χ1) is 13.2. The minimum Gasteiger partial charge on any atom is -0.484 e. The molecule has 0 radical (unpaired) electrons. The van der Waals surface area contributed by atoms with E-state index in [9.17, 15) is 4.79 Å². The van der Waals surface area contributed by atoms with Crippen LogP contribution in [0.4, 0.5) is 0 Å². The fourth-order valence-corrected chi connectivity index (χ4v) is 2.74. The third kappa shape index (κ3) is 4.96. The smallest absolute Gasteiger partial charge is 0.258 e. The Labute approximate surface area is 159 Å². The van der Waals surface area contributed by atoms with Gasteiger partial charge in [0.05, 0.1) is 17.7 Å². The summed E-state index contributed by atoms with van der Waals surface area (Å²) in [4.78, 5) is 12.1. The van der Waals surface area contributed by atoms with E-state index in [1.807, 2.05) is 73.7 Å². The number of amides is 1. The zero-order valence-electron chi connectivity index (χ0n) is 15.1. The molecule has 3 aromatic carbocycles. The molecule has 0 heterocycles. The molecule has 0 aliphatic heterocycles. The van der Waals surface area contributed by atoms with E-state index < -0.39 is 0 Å². The van der Waals surface area contributed by atoms with Crippen molar-refractivity contribution in [3.63, 3.8) is 0 Å². The largest absolute Gasteiger partial charge is 0.484 e. The standard InChI is InChI=1S/C23H20N2O2/c1-17(19-5-3-2-4-6-19)25-23(26)16-27-22-13-11-21(12-14-22)20-9-7-18(15-24)8-10-20/h2-14,17H,16H2,1H3,(H,25,26)/t17-/m0/s1. The highest BCUT2D eigenvalue weighted by Gasteiger charge is 2.09. The van der Waals surface area contributed by atoms with Gasteiger partial charge in [-0.25, -0.2) is 0 Å². The van der Waals surface area contributed by atoms with Gasteiger partial charge in [0, 0.05) is 0 Å². The first-order valence-electron chi connectivity index (χ1n) is 8.73. The molecule has 1 amide bonds. The van der Waals surface area contributed by atoms with Crippen LogP contribution in [0.5, 0.6) is 5.75 Å². The van der Waals surface area contributed by atoms with Crippen molar-refractivity contribution in [1.82, 2.24) is 5.32 Å². The highest BCUT2D eigenvalue weighted by atomic mass is 16.5. The SMILES string of the molecule is C[C@H](NC(=O)COc1ccc(-c2ccc(C#N)cc2)cc1)c1ccccc1. The molecule has 0 fully saturated rings. The maximum absolute atomic E-state index is 12.1. The van der Waals surface area contributed by atoms with Crippen molar-refractivity contribution in [3.8, 4) is 22.9 Å². The Morgan fingerprint density at radius 2 is 1.56 bits per heavy atom. The van der Waals surface area contributed by atoms with Crippen LogP contribution in [0.25, 0.3) is 11.1 Å². The van der Waals surface area contributed by atoms with Crippen LogP contribution >= 0.6 is 0 Å². The molecule has 27 heavy (non-hydrogen) atoms. The van der Waals surface area contributed by atoms with E-state index in [1.165, 1.54) is 0 Å². The van der Waals surface area contributed by atoms with Crippen LogP contribution in [0.1, 0.15) is 24.1 Å². The van der Waals surface area contributed by atoms with Crippen molar-refractivity contribution in [2.75, 3.05) is 6.61 Å². The normalized spacial score (nSPS) is 11.3. The number of hydrogen-bond donors (Lipinski definition) is 1. The first kappa shape index (κ1) is 18.2. The lowest BCUT2D eigenvalue weighted by atomic mass is 10.0. The van der Waals surface area contributed by atoms with Gasteiger partial charge in [-0.1, -0.05) is 54.6 Å². The van der Waals surface area contributed by atoms with Crippen LogP contribution < -0.4 is 10.1 Å². The van der Waals surface area contributed by atoms with Crippen molar-refractivity contribution in [2.24, 2.45) is 0 Å². The number of nitrogens with one attached hydrogen (secondary N) is 1. The predicted molar refractivity (Wildman–Crippen MR) is 105 cm³/mol. The summed E-state index contributed by atoms with van der Waals surface area (Å²) >= 11 is 0. The van der Waals surface area contributed by atoms with Crippen molar-refractivity contribution >= 4 is 5.91 Å². The van der Waals surface area contributed by atoms with Crippen LogP contribution in [0.3, 0.4) is 0 Å². The highest BCUT2D eigenvalue weighted by molar-refractivity contribution is 5.78. The average molecular weight is 356 g/mol. The Balaban J connectivity index is 1.53. The lowest BCUT2D eigenvalue weighted by Crippen LogP contribution is -2.31. The Kier molecular flexibility index (Phi) is 5.86. The van der Waals surface area contributed by atoms with E-state index >= 15 is 0 Å². The van der Waals surface area contributed by atoms with E-state index in [0.717, 1.165) is 16.7 Å². The summed E-state index contributed by atoms with van der Waals surface area (Å²) in [5.74, 6) is 0.470. The second-order valence-corrected chi connectivity index (χ2v) is 6.20. The lowest BCUT2D eigenvalue weighted by Gasteiger charge is -2.14. The summed E-state index contributed by atoms with van der Waals surface area (Å²) < 4.78 is 5.58. The molecule has 0 aliphatic rings. The van der Waals surface area contributed by atoms with Gasteiger partial charge in [-0.05, 0) is 47.9 Å². The van der Waals surface area contributed by atoms with E-state index in [4.69, 9.17) is 10.00 Å². The minimum absolute atomic E-state index is 0.0343. The number of nitrogens with zero attached hydrogens (tertiary/aromatic N) is 1. The number of rotatable bonds is 6. The second kappa shape index (κ2) is 8.68. The number of nitriles is 1. The summed E-state index contributed by atoms with van der Waals surface area (Å²) in [7, 11) is 0. The van der Waals surface area contributed by atoms with E-state index in [1.54, 1.807) is 12.1 Å². The van der Waals surface area contributed by atoms with Crippen molar-refractivity contribution in [1.29, 1.82) is 5.26 Å². The molecular formula is C23H20N2O2. The van der Waals surface area contributed by atoms with Crippen LogP contribution in [-0.4, -0.2) is 12.5 Å². The number of benzene rings is 3. The van der Waals surface area contributed by atoms with Crippen LogP contribution in [-0.2, 0) is 4.79 Å². The molecule has 3 aromatic rings. The maximum Gasteiger partial charge on any atom is 0.258 e. The molecule has 134 valence electrons. The second-order valence-electron chi connectivity index (χ2n) is 6.20. The number of ether oxygens (including phenoxy) is 1. The zero-order valence-corrected chi connectivity index (χ0v) is 15.1. The Morgan fingerprint density at radius 3 is 2.15 bits per heavy atom. The van der Waals surface area contributed by atoms with Gasteiger partial charge in [-0.2, -0.15) is 5.26 Å². The monoisotopic (exact) mass is 356 g/mol. The molecule has 0 saturated carbocycles. The highest BCUT2D eigenvalue weighted by Crippen LogP contribution is 2.22. The maximum atomic E-state index is 12.1. The summed E-state index contributed by atoms with van der Waals surface area (Å²) in [6.45, 7) is 1.91. The molecule has 0 aliphatic carbocycles. The summed E-state index contributed by atoms with van der Waals surface area (Å²) in [5.41, 5.74) is 3.73. The van der Waals surface area contributed by atoms with Gasteiger partial charge in [-0.15, -0.1) is 0 Å². The fraction of sp³-hybridized carbons (Fsp3) is 0.130. The van der Waals surface area contributed by atoms with Crippen molar-refractivity contribution < 1.29 is 9.53 Å². The van der Waals surface area contributed by atoms with Gasteiger partial charge in [-0.3, -0.25) is 4.79 Å². The summed E-state index contributed by atoms with van der Waals surface area (Å²) in [6.07, 6.45) is 0. The topological polar surface area (TPSA) is 62.1 Å². The van der Waals surface area contributed by atoms with Crippen molar-refractivity contribution in [2.45, 2.75) is 13.0 Å². The molecule has 3 rings (SSSR count). The third-order valence-corrected chi connectivity index (χ3v) is 4.25. The van der Waals surface area contributed by atoms with Gasteiger partial charge in [0.25, 0.3) is 5.91 Å². The fourth-order valence-electron chi connectivity index (χ4n) is 2.74. The lowest BCUT2D eigenvalue weighted by molar-refractivity contribution is -0.123. The Bertz CT molecular complexity index is 927. The molecule has 4 heteroatoms. The third-order valence-electron chi connectivity index (χ3n) is 4.25. The van der Waals surface area contributed by atoms with Crippen LogP contribution in [0, 0.1) is 11.3 Å². The van der Waals surface area contributed by atoms with Gasteiger partial charge in [0.1, 0.15) is 5.75 Å². The van der Waals surface area contributed by atoms with Gasteiger partial charge >= 0.3 is 0 Å². The quantitative estimate of drug-likeness (QED) is 0.708. The molecule has 0 aromatic heterocycles. The van der Waals surface area contributed by atoms with Crippen molar-refractivity contribution in [3.05, 3.63) is 90.0 Å². The number of carbonyl (C=O) groups excluding carboxylic acids is 1. The zero-order chi connectivity index (χ0) is 19.1. The predicted octanol–water partition coefficient (Wildman–Crippen LogP) is 4.48. The average Bonchev–Trinajstić information content (AvgIpc) is 2.73. The van der Waals surface area contributed by atoms with Gasteiger partial charge in [0.15, 0.2) is 6.61 Å². The Morgan fingerprint density at radius 1 is 0.963 bits per heavy atom. The van der Waals surface area contributed by atoms with E-state index in [-0.39, 0.29) is 18.6 Å². The van der Waals surface area contributed by atoms with E-state index in [0.29, 0.717) is 11.3 Å². The van der Waals surface area contributed by atoms with Gasteiger partial charge in [0.2, 0.25) is 0 Å². The van der Waals surface area contributed by atoms with Crippen LogP contribution in [0.15, 0.2) is 78.9 Å². The van der Waals surface area contributed by atoms with Gasteiger partial charge < -0.3 is 10.1 Å². The molecule has 0 saturated heterocycles. The minimum atomic E-state index is -0.164. The molecule has 1 atom stereocenters. The molecule has 4 nitrogen and oxygen atoms in total. The first-order valence-corrected chi connectivity index (χ1v) is 8.73.